The lowest BCUT2D eigenvalue weighted by Crippen LogP contribution is -1.89. The van der Waals surface area contributed by atoms with Crippen molar-refractivity contribution >= 4 is 39.9 Å². The van der Waals surface area contributed by atoms with Crippen LogP contribution in [-0.2, 0) is 0 Å². The predicted molar refractivity (Wildman–Crippen MR) is 53.3 cm³/mol. The second kappa shape index (κ2) is 2.96. The van der Waals surface area contributed by atoms with Crippen molar-refractivity contribution in [1.29, 1.82) is 0 Å². The third kappa shape index (κ3) is 1.55. The maximum absolute atomic E-state index is 5.80. The highest BCUT2D eigenvalue weighted by molar-refractivity contribution is 14.1. The zero-order valence-corrected chi connectivity index (χ0v) is 8.40. The van der Waals surface area contributed by atoms with Crippen LogP contribution in [0.5, 0.6) is 0 Å². The molecular formula is C7H7ClIN. The summed E-state index contributed by atoms with van der Waals surface area (Å²) >= 11 is 7.99. The summed E-state index contributed by atoms with van der Waals surface area (Å²) in [4.78, 5) is 0. The largest absolute Gasteiger partial charge is 0.398 e. The van der Waals surface area contributed by atoms with Crippen LogP contribution >= 0.6 is 34.2 Å². The third-order valence-electron chi connectivity index (χ3n) is 1.28. The molecule has 0 heterocycles. The van der Waals surface area contributed by atoms with Gasteiger partial charge in [-0.05, 0) is 47.2 Å². The molecular weight excluding hydrogens is 260 g/mol. The van der Waals surface area contributed by atoms with Crippen molar-refractivity contribution < 1.29 is 0 Å². The number of hydrogen-bond donors (Lipinski definition) is 1. The molecule has 0 radical (unpaired) electrons. The molecule has 1 rings (SSSR count). The summed E-state index contributed by atoms with van der Waals surface area (Å²) in [6.45, 7) is 1.96. The van der Waals surface area contributed by atoms with Crippen LogP contribution in [0.1, 0.15) is 5.56 Å². The van der Waals surface area contributed by atoms with Gasteiger partial charge in [0, 0.05) is 14.3 Å². The van der Waals surface area contributed by atoms with Crippen LogP contribution in [0.25, 0.3) is 0 Å². The first-order valence-corrected chi connectivity index (χ1v) is 4.28. The highest BCUT2D eigenvalue weighted by Crippen LogP contribution is 2.23. The number of hydrogen-bond acceptors (Lipinski definition) is 1. The van der Waals surface area contributed by atoms with E-state index in [1.807, 2.05) is 13.0 Å². The van der Waals surface area contributed by atoms with E-state index >= 15 is 0 Å². The van der Waals surface area contributed by atoms with Crippen LogP contribution in [0.15, 0.2) is 12.1 Å². The van der Waals surface area contributed by atoms with Gasteiger partial charge in [0.15, 0.2) is 0 Å². The van der Waals surface area contributed by atoms with E-state index in [-0.39, 0.29) is 0 Å². The Bertz CT molecular complexity index is 210. The SMILES string of the molecule is Cc1cc(I)c(N)cc1Cl. The van der Waals surface area contributed by atoms with Crippen molar-refractivity contribution in [1.82, 2.24) is 0 Å². The van der Waals surface area contributed by atoms with Crippen LogP contribution < -0.4 is 5.73 Å². The second-order valence-electron chi connectivity index (χ2n) is 2.12. The van der Waals surface area contributed by atoms with Crippen LogP contribution in [-0.4, -0.2) is 0 Å². The van der Waals surface area contributed by atoms with Crippen molar-refractivity contribution in [2.24, 2.45) is 0 Å². The molecule has 0 saturated carbocycles. The molecule has 1 aromatic carbocycles. The molecule has 1 aromatic rings. The fourth-order valence-electron chi connectivity index (χ4n) is 0.662. The molecule has 3 heteroatoms. The first kappa shape index (κ1) is 8.14. The molecule has 0 spiro atoms. The van der Waals surface area contributed by atoms with E-state index in [2.05, 4.69) is 22.6 Å². The summed E-state index contributed by atoms with van der Waals surface area (Å²) in [7, 11) is 0. The average molecular weight is 267 g/mol. The first-order valence-electron chi connectivity index (χ1n) is 2.82. The quantitative estimate of drug-likeness (QED) is 0.568. The highest BCUT2D eigenvalue weighted by Gasteiger charge is 1.98. The predicted octanol–water partition coefficient (Wildman–Crippen LogP) is 2.84. The van der Waals surface area contributed by atoms with Crippen LogP contribution in [0, 0.1) is 10.5 Å². The van der Waals surface area contributed by atoms with E-state index in [0.717, 1.165) is 19.8 Å². The Morgan fingerprint density at radius 2 is 2.10 bits per heavy atom. The zero-order chi connectivity index (χ0) is 7.72. The molecule has 0 unspecified atom stereocenters. The molecule has 0 fully saturated rings. The summed E-state index contributed by atoms with van der Waals surface area (Å²) < 4.78 is 1.06. The van der Waals surface area contributed by atoms with Gasteiger partial charge in [0.05, 0.1) is 0 Å². The fourth-order valence-corrected chi connectivity index (χ4v) is 1.46. The number of halogens is 2. The van der Waals surface area contributed by atoms with Gasteiger partial charge in [-0.1, -0.05) is 11.6 Å². The smallest absolute Gasteiger partial charge is 0.0464 e. The number of anilines is 1. The van der Waals surface area contributed by atoms with E-state index in [4.69, 9.17) is 17.3 Å². The van der Waals surface area contributed by atoms with E-state index in [0.29, 0.717) is 0 Å². The minimum atomic E-state index is 0.734. The minimum absolute atomic E-state index is 0.734. The lowest BCUT2D eigenvalue weighted by Gasteiger charge is -2.01. The van der Waals surface area contributed by atoms with E-state index in [1.54, 1.807) is 6.07 Å². The van der Waals surface area contributed by atoms with E-state index in [9.17, 15) is 0 Å². The Labute approximate surface area is 78.7 Å². The number of benzene rings is 1. The van der Waals surface area contributed by atoms with Gasteiger partial charge in [-0.25, -0.2) is 0 Å². The monoisotopic (exact) mass is 267 g/mol. The van der Waals surface area contributed by atoms with Gasteiger partial charge in [0.25, 0.3) is 0 Å². The lowest BCUT2D eigenvalue weighted by molar-refractivity contribution is 1.45. The molecule has 0 aromatic heterocycles. The molecule has 2 N–H and O–H groups in total. The Hall–Kier alpha value is 0.0400. The number of nitrogens with two attached hydrogens (primary N) is 1. The fraction of sp³-hybridized carbons (Fsp3) is 0.143. The van der Waals surface area contributed by atoms with Crippen molar-refractivity contribution in [2.75, 3.05) is 5.73 Å². The Morgan fingerprint density at radius 3 is 2.60 bits per heavy atom. The molecule has 1 nitrogen and oxygen atoms in total. The standard InChI is InChI=1S/C7H7ClIN/c1-4-2-6(9)7(10)3-5(4)8/h2-3H,10H2,1H3. The van der Waals surface area contributed by atoms with Crippen LogP contribution in [0.4, 0.5) is 5.69 Å². The van der Waals surface area contributed by atoms with Crippen LogP contribution in [0.3, 0.4) is 0 Å². The maximum atomic E-state index is 5.80. The Balaban J connectivity index is 3.28. The maximum Gasteiger partial charge on any atom is 0.0464 e. The van der Waals surface area contributed by atoms with Crippen molar-refractivity contribution in [2.45, 2.75) is 6.92 Å². The van der Waals surface area contributed by atoms with Crippen molar-refractivity contribution in [3.63, 3.8) is 0 Å². The van der Waals surface area contributed by atoms with E-state index < -0.39 is 0 Å². The van der Waals surface area contributed by atoms with Gasteiger partial charge in [-0.2, -0.15) is 0 Å². The topological polar surface area (TPSA) is 26.0 Å². The highest BCUT2D eigenvalue weighted by atomic mass is 127. The van der Waals surface area contributed by atoms with Gasteiger partial charge in [0.2, 0.25) is 0 Å². The zero-order valence-electron chi connectivity index (χ0n) is 5.49. The van der Waals surface area contributed by atoms with E-state index in [1.165, 1.54) is 0 Å². The molecule has 0 amide bonds. The van der Waals surface area contributed by atoms with Crippen molar-refractivity contribution in [3.05, 3.63) is 26.3 Å². The van der Waals surface area contributed by atoms with Crippen molar-refractivity contribution in [3.8, 4) is 0 Å². The number of nitrogen functional groups attached to an aromatic ring is 1. The molecule has 0 bridgehead atoms. The molecule has 0 saturated heterocycles. The second-order valence-corrected chi connectivity index (χ2v) is 3.69. The summed E-state index contributed by atoms with van der Waals surface area (Å²) in [5.74, 6) is 0. The normalized spacial score (nSPS) is 9.90. The summed E-state index contributed by atoms with van der Waals surface area (Å²) in [5.41, 5.74) is 7.41. The molecule has 0 aliphatic carbocycles. The van der Waals surface area contributed by atoms with Gasteiger partial charge < -0.3 is 5.73 Å². The number of aryl methyl sites for hydroxylation is 1. The third-order valence-corrected chi connectivity index (χ3v) is 2.62. The average Bonchev–Trinajstić information content (AvgIpc) is 1.84. The van der Waals surface area contributed by atoms with Crippen LogP contribution in [0.2, 0.25) is 5.02 Å². The van der Waals surface area contributed by atoms with Gasteiger partial charge in [0.1, 0.15) is 0 Å². The minimum Gasteiger partial charge on any atom is -0.398 e. The number of rotatable bonds is 0. The van der Waals surface area contributed by atoms with Gasteiger partial charge >= 0.3 is 0 Å². The lowest BCUT2D eigenvalue weighted by atomic mass is 10.2. The first-order chi connectivity index (χ1) is 4.61. The molecule has 0 atom stereocenters. The molecule has 0 aliphatic rings. The summed E-state index contributed by atoms with van der Waals surface area (Å²) in [6.07, 6.45) is 0. The molecule has 0 aliphatic heterocycles. The Morgan fingerprint density at radius 1 is 1.50 bits per heavy atom. The van der Waals surface area contributed by atoms with Gasteiger partial charge in [-0.3, -0.25) is 0 Å². The summed E-state index contributed by atoms with van der Waals surface area (Å²) in [6, 6.07) is 3.75. The Kier molecular flexibility index (Phi) is 2.41. The molecule has 54 valence electrons. The van der Waals surface area contributed by atoms with Gasteiger partial charge in [-0.15, -0.1) is 0 Å². The molecule has 10 heavy (non-hydrogen) atoms. The summed E-state index contributed by atoms with van der Waals surface area (Å²) in [5, 5.41) is 0.734.